The molecule has 2 atom stereocenters. The van der Waals surface area contributed by atoms with Gasteiger partial charge in [-0.1, -0.05) is 0 Å². The fourth-order valence-corrected chi connectivity index (χ4v) is 5.50. The molecule has 176 valence electrons. The highest BCUT2D eigenvalue weighted by molar-refractivity contribution is 7.10. The molecule has 1 aromatic heterocycles. The van der Waals surface area contributed by atoms with Crippen LogP contribution >= 0.6 is 23.7 Å². The summed E-state index contributed by atoms with van der Waals surface area (Å²) in [6, 6.07) is 2.43. The number of nitrogens with zero attached hydrogens (tertiary/aromatic N) is 1. The quantitative estimate of drug-likeness (QED) is 0.622. The average molecular weight is 482 g/mol. The van der Waals surface area contributed by atoms with E-state index >= 15 is 0 Å². The zero-order chi connectivity index (χ0) is 21.1. The number of alkyl halides is 3. The van der Waals surface area contributed by atoms with Gasteiger partial charge >= 0.3 is 6.18 Å². The number of hydrogen-bond donors (Lipinski definition) is 2. The first-order valence-corrected chi connectivity index (χ1v) is 11.7. The summed E-state index contributed by atoms with van der Waals surface area (Å²) in [4.78, 5) is 15.2. The van der Waals surface area contributed by atoms with Gasteiger partial charge in [-0.2, -0.15) is 13.2 Å². The molecule has 2 saturated heterocycles. The number of piperidine rings is 1. The van der Waals surface area contributed by atoms with Crippen molar-refractivity contribution in [3.8, 4) is 0 Å². The number of ether oxygens (including phenoxy) is 1. The van der Waals surface area contributed by atoms with Crippen LogP contribution in [0, 0.1) is 5.92 Å². The lowest BCUT2D eigenvalue weighted by atomic mass is 10.0. The second-order valence-electron chi connectivity index (χ2n) is 8.79. The Kier molecular flexibility index (Phi) is 8.65. The summed E-state index contributed by atoms with van der Waals surface area (Å²) in [6.07, 6.45) is 0.316. The van der Waals surface area contributed by atoms with Gasteiger partial charge in [-0.15, -0.1) is 23.7 Å². The van der Waals surface area contributed by atoms with Crippen molar-refractivity contribution >= 4 is 29.7 Å². The van der Waals surface area contributed by atoms with Crippen LogP contribution in [-0.2, 0) is 4.74 Å². The molecule has 5 nitrogen and oxygen atoms in total. The van der Waals surface area contributed by atoms with Crippen molar-refractivity contribution in [3.63, 3.8) is 0 Å². The third kappa shape index (κ3) is 7.32. The molecule has 1 aliphatic carbocycles. The van der Waals surface area contributed by atoms with E-state index in [9.17, 15) is 18.0 Å². The van der Waals surface area contributed by atoms with E-state index in [1.54, 1.807) is 11.3 Å². The summed E-state index contributed by atoms with van der Waals surface area (Å²) < 4.78 is 42.9. The van der Waals surface area contributed by atoms with Crippen molar-refractivity contribution in [2.24, 2.45) is 5.92 Å². The SMILES string of the molecule is Cl.O=C(NC1CCN(CC(F)(F)F)CC1)c1csc([C@@H]2C[C@H]2NCC2CCOCC2)c1. The Labute approximate surface area is 191 Å². The van der Waals surface area contributed by atoms with Crippen LogP contribution in [0.15, 0.2) is 11.4 Å². The lowest BCUT2D eigenvalue weighted by Gasteiger charge is -2.32. The standard InChI is InChI=1S/C21H30F3N3O2S.ClH/c22-21(23,24)13-27-5-1-16(2-6-27)26-20(28)15-9-19(30-12-15)17-10-18(17)25-11-14-3-7-29-8-4-14;/h9,12,14,16-18,25H,1-8,10-11,13H2,(H,26,28);1H/t17-,18-;/m1./s1. The fraction of sp³-hybridized carbons (Fsp3) is 0.762. The minimum Gasteiger partial charge on any atom is -0.381 e. The molecule has 1 amide bonds. The molecular weight excluding hydrogens is 451 g/mol. The van der Waals surface area contributed by atoms with Gasteiger partial charge in [0.15, 0.2) is 0 Å². The molecule has 0 radical (unpaired) electrons. The van der Waals surface area contributed by atoms with Gasteiger partial charge in [0.05, 0.1) is 12.1 Å². The molecule has 2 N–H and O–H groups in total. The summed E-state index contributed by atoms with van der Waals surface area (Å²) in [5.41, 5.74) is 0.669. The molecule has 3 aliphatic rings. The van der Waals surface area contributed by atoms with E-state index in [4.69, 9.17) is 4.74 Å². The molecule has 0 unspecified atom stereocenters. The lowest BCUT2D eigenvalue weighted by Crippen LogP contribution is -2.47. The number of carbonyl (C=O) groups is 1. The highest BCUT2D eigenvalue weighted by Crippen LogP contribution is 2.43. The second-order valence-corrected chi connectivity index (χ2v) is 9.73. The predicted molar refractivity (Wildman–Crippen MR) is 117 cm³/mol. The van der Waals surface area contributed by atoms with E-state index in [1.165, 1.54) is 9.78 Å². The minimum absolute atomic E-state index is 0. The van der Waals surface area contributed by atoms with Crippen molar-refractivity contribution in [1.29, 1.82) is 0 Å². The van der Waals surface area contributed by atoms with Crippen molar-refractivity contribution in [2.75, 3.05) is 39.4 Å². The Morgan fingerprint density at radius 2 is 1.90 bits per heavy atom. The summed E-state index contributed by atoms with van der Waals surface area (Å²) in [7, 11) is 0. The van der Waals surface area contributed by atoms with E-state index in [2.05, 4.69) is 10.6 Å². The maximum atomic E-state index is 12.6. The van der Waals surface area contributed by atoms with E-state index in [1.807, 2.05) is 11.4 Å². The third-order valence-electron chi connectivity index (χ3n) is 6.37. The van der Waals surface area contributed by atoms with Gasteiger partial charge < -0.3 is 15.4 Å². The molecule has 1 saturated carbocycles. The number of nitrogens with one attached hydrogen (secondary N) is 2. The van der Waals surface area contributed by atoms with Crippen LogP contribution in [0.2, 0.25) is 0 Å². The Morgan fingerprint density at radius 3 is 2.58 bits per heavy atom. The maximum absolute atomic E-state index is 12.6. The number of likely N-dealkylation sites (tertiary alicyclic amines) is 1. The monoisotopic (exact) mass is 481 g/mol. The summed E-state index contributed by atoms with van der Waals surface area (Å²) >= 11 is 1.63. The molecule has 0 spiro atoms. The molecule has 31 heavy (non-hydrogen) atoms. The van der Waals surface area contributed by atoms with Gasteiger partial charge in [0.25, 0.3) is 5.91 Å². The van der Waals surface area contributed by atoms with Crippen LogP contribution in [0.3, 0.4) is 0 Å². The van der Waals surface area contributed by atoms with Gasteiger partial charge in [-0.3, -0.25) is 9.69 Å². The normalized spacial score (nSPS) is 25.8. The van der Waals surface area contributed by atoms with Gasteiger partial charge in [0, 0.05) is 54.6 Å². The van der Waals surface area contributed by atoms with Crippen LogP contribution in [0.1, 0.15) is 53.3 Å². The predicted octanol–water partition coefficient (Wildman–Crippen LogP) is 3.80. The smallest absolute Gasteiger partial charge is 0.381 e. The first-order chi connectivity index (χ1) is 14.4. The summed E-state index contributed by atoms with van der Waals surface area (Å²) in [5.74, 6) is 1.08. The van der Waals surface area contributed by atoms with E-state index in [0.717, 1.165) is 39.0 Å². The molecule has 2 aliphatic heterocycles. The number of halogens is 4. The Hall–Kier alpha value is -0.870. The van der Waals surface area contributed by atoms with Crippen LogP contribution in [-0.4, -0.2) is 68.5 Å². The lowest BCUT2D eigenvalue weighted by molar-refractivity contribution is -0.148. The Bertz CT molecular complexity index is 719. The van der Waals surface area contributed by atoms with E-state index < -0.39 is 12.7 Å². The highest BCUT2D eigenvalue weighted by atomic mass is 35.5. The van der Waals surface area contributed by atoms with E-state index in [-0.39, 0.29) is 24.4 Å². The van der Waals surface area contributed by atoms with Crippen molar-refractivity contribution in [3.05, 3.63) is 21.9 Å². The number of rotatable bonds is 7. The Balaban J connectivity index is 0.00000272. The molecule has 4 rings (SSSR count). The molecule has 3 heterocycles. The largest absolute Gasteiger partial charge is 0.401 e. The molecule has 1 aromatic rings. The maximum Gasteiger partial charge on any atom is 0.401 e. The first-order valence-electron chi connectivity index (χ1n) is 10.9. The Morgan fingerprint density at radius 1 is 1.19 bits per heavy atom. The second kappa shape index (κ2) is 10.8. The van der Waals surface area contributed by atoms with Gasteiger partial charge in [-0.05, 0) is 50.6 Å². The highest BCUT2D eigenvalue weighted by Gasteiger charge is 2.39. The number of thiophene rings is 1. The van der Waals surface area contributed by atoms with Gasteiger partial charge in [0.2, 0.25) is 0 Å². The zero-order valence-electron chi connectivity index (χ0n) is 17.5. The van der Waals surface area contributed by atoms with Crippen LogP contribution in [0.4, 0.5) is 13.2 Å². The third-order valence-corrected chi connectivity index (χ3v) is 7.44. The molecule has 0 aromatic carbocycles. The van der Waals surface area contributed by atoms with Gasteiger partial charge in [0.1, 0.15) is 0 Å². The zero-order valence-corrected chi connectivity index (χ0v) is 19.1. The van der Waals surface area contributed by atoms with E-state index in [0.29, 0.717) is 49.4 Å². The minimum atomic E-state index is -4.16. The fourth-order valence-electron chi connectivity index (χ4n) is 4.43. The number of carbonyl (C=O) groups excluding carboxylic acids is 1. The van der Waals surface area contributed by atoms with Gasteiger partial charge in [-0.25, -0.2) is 0 Å². The number of amides is 1. The average Bonchev–Trinajstić information content (AvgIpc) is 3.32. The van der Waals surface area contributed by atoms with Crippen LogP contribution in [0.25, 0.3) is 0 Å². The number of hydrogen-bond acceptors (Lipinski definition) is 5. The molecular formula is C21H31ClF3N3O2S. The molecule has 10 heteroatoms. The van der Waals surface area contributed by atoms with Crippen LogP contribution in [0.5, 0.6) is 0 Å². The summed E-state index contributed by atoms with van der Waals surface area (Å²) in [6.45, 7) is 2.63. The van der Waals surface area contributed by atoms with Crippen molar-refractivity contribution < 1.29 is 22.7 Å². The van der Waals surface area contributed by atoms with Crippen LogP contribution < -0.4 is 10.6 Å². The topological polar surface area (TPSA) is 53.6 Å². The molecule has 0 bridgehead atoms. The van der Waals surface area contributed by atoms with Crippen molar-refractivity contribution in [1.82, 2.24) is 15.5 Å². The van der Waals surface area contributed by atoms with Crippen molar-refractivity contribution in [2.45, 2.75) is 56.3 Å². The molecule has 3 fully saturated rings. The summed E-state index contributed by atoms with van der Waals surface area (Å²) in [5, 5.41) is 8.57. The first kappa shape index (κ1) is 24.8.